The van der Waals surface area contributed by atoms with Crippen molar-refractivity contribution in [2.75, 3.05) is 10.6 Å². The molecule has 5 nitrogen and oxygen atoms in total. The van der Waals surface area contributed by atoms with Crippen molar-refractivity contribution in [2.45, 2.75) is 64.1 Å². The second-order valence-electron chi connectivity index (χ2n) is 7.09. The summed E-state index contributed by atoms with van der Waals surface area (Å²) < 4.78 is 19.0. The van der Waals surface area contributed by atoms with Gasteiger partial charge in [-0.15, -0.1) is 0 Å². The summed E-state index contributed by atoms with van der Waals surface area (Å²) in [6.45, 7) is 5.27. The summed E-state index contributed by atoms with van der Waals surface area (Å²) in [6.07, 6.45) is 3.40. The van der Waals surface area contributed by atoms with Crippen LogP contribution in [0, 0.1) is 5.82 Å². The van der Waals surface area contributed by atoms with E-state index in [9.17, 15) is 9.18 Å². The van der Waals surface area contributed by atoms with Gasteiger partial charge in [-0.05, 0) is 64.7 Å². The molecule has 23 heavy (non-hydrogen) atoms. The summed E-state index contributed by atoms with van der Waals surface area (Å²) in [5.74, 6) is -0.498. The number of carbonyl (C=O) groups excluding carboxylic acids is 1. The minimum absolute atomic E-state index is 0.101. The number of anilines is 2. The van der Waals surface area contributed by atoms with Crippen molar-refractivity contribution in [1.29, 1.82) is 0 Å². The Hall–Kier alpha value is -1.82. The molecule has 2 atom stereocenters. The Bertz CT molecular complexity index is 557. The minimum Gasteiger partial charge on any atom is -0.444 e. The van der Waals surface area contributed by atoms with Crippen LogP contribution in [-0.2, 0) is 4.74 Å². The predicted molar refractivity (Wildman–Crippen MR) is 90.1 cm³/mol. The molecule has 0 saturated heterocycles. The van der Waals surface area contributed by atoms with Gasteiger partial charge in [0.25, 0.3) is 0 Å². The number of hydrogen-bond acceptors (Lipinski definition) is 4. The maximum atomic E-state index is 13.9. The van der Waals surface area contributed by atoms with E-state index < -0.39 is 17.5 Å². The first-order valence-electron chi connectivity index (χ1n) is 8.04. The molecule has 0 bridgehead atoms. The van der Waals surface area contributed by atoms with Crippen LogP contribution in [0.4, 0.5) is 20.6 Å². The third-order valence-corrected chi connectivity index (χ3v) is 3.69. The van der Waals surface area contributed by atoms with Crippen molar-refractivity contribution < 1.29 is 13.9 Å². The van der Waals surface area contributed by atoms with Gasteiger partial charge < -0.3 is 15.8 Å². The Morgan fingerprint density at radius 3 is 2.74 bits per heavy atom. The highest BCUT2D eigenvalue weighted by atomic mass is 19.1. The topological polar surface area (TPSA) is 76.4 Å². The van der Waals surface area contributed by atoms with Gasteiger partial charge in [-0.3, -0.25) is 5.32 Å². The van der Waals surface area contributed by atoms with Gasteiger partial charge >= 0.3 is 6.09 Å². The fourth-order valence-corrected chi connectivity index (χ4v) is 2.72. The summed E-state index contributed by atoms with van der Waals surface area (Å²) in [4.78, 5) is 11.8. The number of hydrogen-bond donors (Lipinski definition) is 3. The number of amides is 1. The van der Waals surface area contributed by atoms with E-state index in [0.29, 0.717) is 0 Å². The molecule has 1 fully saturated rings. The average Bonchev–Trinajstić information content (AvgIpc) is 2.40. The lowest BCUT2D eigenvalue weighted by Crippen LogP contribution is -2.34. The van der Waals surface area contributed by atoms with Crippen molar-refractivity contribution in [3.05, 3.63) is 24.0 Å². The van der Waals surface area contributed by atoms with Gasteiger partial charge in [0.2, 0.25) is 0 Å². The molecule has 2 unspecified atom stereocenters. The zero-order valence-electron chi connectivity index (χ0n) is 14.0. The van der Waals surface area contributed by atoms with Crippen LogP contribution in [0.1, 0.15) is 46.5 Å². The lowest BCUT2D eigenvalue weighted by atomic mass is 9.91. The fourth-order valence-electron chi connectivity index (χ4n) is 2.72. The quantitative estimate of drug-likeness (QED) is 0.789. The molecule has 6 heteroatoms. The van der Waals surface area contributed by atoms with E-state index in [1.165, 1.54) is 6.07 Å². The van der Waals surface area contributed by atoms with Crippen LogP contribution >= 0.6 is 0 Å². The second kappa shape index (κ2) is 7.17. The standard InChI is InChI=1S/C17H26FN3O2/c1-17(2,3)23-16(22)21-15-10-13(7-8-14(15)18)20-12-6-4-5-11(19)9-12/h7-8,10-12,20H,4-6,9,19H2,1-3H3,(H,21,22). The maximum absolute atomic E-state index is 13.9. The van der Waals surface area contributed by atoms with E-state index in [1.807, 2.05) is 0 Å². The van der Waals surface area contributed by atoms with Crippen LogP contribution < -0.4 is 16.4 Å². The van der Waals surface area contributed by atoms with Gasteiger partial charge in [0.15, 0.2) is 0 Å². The molecule has 0 aliphatic heterocycles. The van der Waals surface area contributed by atoms with E-state index >= 15 is 0 Å². The third-order valence-electron chi connectivity index (χ3n) is 3.69. The Kier molecular flexibility index (Phi) is 5.46. The van der Waals surface area contributed by atoms with Gasteiger partial charge in [-0.2, -0.15) is 0 Å². The van der Waals surface area contributed by atoms with Crippen LogP contribution in [0.3, 0.4) is 0 Å². The summed E-state index contributed by atoms with van der Waals surface area (Å²) in [7, 11) is 0. The number of rotatable bonds is 3. The molecule has 0 spiro atoms. The third kappa shape index (κ3) is 5.71. The molecule has 0 radical (unpaired) electrons. The largest absolute Gasteiger partial charge is 0.444 e. The molecular weight excluding hydrogens is 297 g/mol. The smallest absolute Gasteiger partial charge is 0.412 e. The Morgan fingerprint density at radius 1 is 1.35 bits per heavy atom. The molecule has 0 aromatic heterocycles. The molecule has 0 heterocycles. The zero-order valence-corrected chi connectivity index (χ0v) is 14.0. The van der Waals surface area contributed by atoms with Crippen LogP contribution in [0.2, 0.25) is 0 Å². The summed E-state index contributed by atoms with van der Waals surface area (Å²) in [5, 5.41) is 5.81. The average molecular weight is 323 g/mol. The molecule has 1 aliphatic rings. The molecule has 1 saturated carbocycles. The molecule has 4 N–H and O–H groups in total. The number of nitrogens with two attached hydrogens (primary N) is 1. The first-order chi connectivity index (χ1) is 10.7. The number of ether oxygens (including phenoxy) is 1. The van der Waals surface area contributed by atoms with Crippen LogP contribution in [-0.4, -0.2) is 23.8 Å². The van der Waals surface area contributed by atoms with E-state index in [-0.39, 0.29) is 17.8 Å². The first-order valence-corrected chi connectivity index (χ1v) is 8.04. The lowest BCUT2D eigenvalue weighted by Gasteiger charge is -2.28. The maximum Gasteiger partial charge on any atom is 0.412 e. The first kappa shape index (κ1) is 17.5. The Labute approximate surface area is 136 Å². The Morgan fingerprint density at radius 2 is 2.09 bits per heavy atom. The molecule has 1 aromatic carbocycles. The molecule has 128 valence electrons. The SMILES string of the molecule is CC(C)(C)OC(=O)Nc1cc(NC2CCCC(N)C2)ccc1F. The molecule has 1 aromatic rings. The van der Waals surface area contributed by atoms with Gasteiger partial charge in [0.1, 0.15) is 11.4 Å². The highest BCUT2D eigenvalue weighted by Gasteiger charge is 2.20. The van der Waals surface area contributed by atoms with E-state index in [4.69, 9.17) is 10.5 Å². The van der Waals surface area contributed by atoms with Gasteiger partial charge in [0.05, 0.1) is 5.69 Å². The van der Waals surface area contributed by atoms with E-state index in [1.54, 1.807) is 32.9 Å². The number of nitrogens with one attached hydrogen (secondary N) is 2. The molecule has 1 amide bonds. The van der Waals surface area contributed by atoms with Crippen molar-refractivity contribution in [3.8, 4) is 0 Å². The minimum atomic E-state index is -0.673. The van der Waals surface area contributed by atoms with Crippen molar-refractivity contribution in [1.82, 2.24) is 0 Å². The monoisotopic (exact) mass is 323 g/mol. The zero-order chi connectivity index (χ0) is 17.0. The predicted octanol–water partition coefficient (Wildman–Crippen LogP) is 3.85. The van der Waals surface area contributed by atoms with E-state index in [2.05, 4.69) is 10.6 Å². The molecular formula is C17H26FN3O2. The van der Waals surface area contributed by atoms with E-state index in [0.717, 1.165) is 31.4 Å². The van der Waals surface area contributed by atoms with Gasteiger partial charge in [0, 0.05) is 17.8 Å². The molecule has 1 aliphatic carbocycles. The van der Waals surface area contributed by atoms with Gasteiger partial charge in [-0.25, -0.2) is 9.18 Å². The van der Waals surface area contributed by atoms with Crippen molar-refractivity contribution in [3.63, 3.8) is 0 Å². The summed E-state index contributed by atoms with van der Waals surface area (Å²) in [5.41, 5.74) is 6.22. The Balaban J connectivity index is 2.02. The number of carbonyl (C=O) groups is 1. The summed E-state index contributed by atoms with van der Waals surface area (Å²) in [6, 6.07) is 5.06. The second-order valence-corrected chi connectivity index (χ2v) is 7.09. The van der Waals surface area contributed by atoms with Gasteiger partial charge in [-0.1, -0.05) is 0 Å². The van der Waals surface area contributed by atoms with Crippen molar-refractivity contribution in [2.24, 2.45) is 5.73 Å². The fraction of sp³-hybridized carbons (Fsp3) is 0.588. The normalized spacial score (nSPS) is 21.6. The lowest BCUT2D eigenvalue weighted by molar-refractivity contribution is 0.0635. The highest BCUT2D eigenvalue weighted by molar-refractivity contribution is 5.85. The van der Waals surface area contributed by atoms with Crippen LogP contribution in [0.25, 0.3) is 0 Å². The van der Waals surface area contributed by atoms with Crippen molar-refractivity contribution >= 4 is 17.5 Å². The van der Waals surface area contributed by atoms with Crippen LogP contribution in [0.5, 0.6) is 0 Å². The highest BCUT2D eigenvalue weighted by Crippen LogP contribution is 2.25. The summed E-state index contributed by atoms with van der Waals surface area (Å²) >= 11 is 0. The molecule has 2 rings (SSSR count). The number of halogens is 1. The number of benzene rings is 1. The van der Waals surface area contributed by atoms with Crippen LogP contribution in [0.15, 0.2) is 18.2 Å².